The number of halogens is 1. The molecule has 2 aromatic rings. The zero-order chi connectivity index (χ0) is 12.4. The van der Waals surface area contributed by atoms with Crippen molar-refractivity contribution in [1.29, 1.82) is 0 Å². The summed E-state index contributed by atoms with van der Waals surface area (Å²) in [6.45, 7) is 0. The molecule has 0 unspecified atom stereocenters. The molecule has 0 aliphatic heterocycles. The standard InChI is InChI=1S/C10H10ClN5O/c1-16-10(13-5-14-16)15-9(17)6-2-3-7(11)8(12)4-6/h2-5H,12H2,1H3,(H,13,14,15,17). The Morgan fingerprint density at radius 1 is 1.53 bits per heavy atom. The molecule has 0 spiro atoms. The minimum Gasteiger partial charge on any atom is -0.398 e. The van der Waals surface area contributed by atoms with Gasteiger partial charge in [0.15, 0.2) is 0 Å². The van der Waals surface area contributed by atoms with Crippen LogP contribution in [0.25, 0.3) is 0 Å². The first-order chi connectivity index (χ1) is 8.08. The Bertz CT molecular complexity index is 566. The molecule has 0 saturated carbocycles. The van der Waals surface area contributed by atoms with E-state index >= 15 is 0 Å². The monoisotopic (exact) mass is 251 g/mol. The summed E-state index contributed by atoms with van der Waals surface area (Å²) in [6, 6.07) is 4.67. The largest absolute Gasteiger partial charge is 0.398 e. The number of carbonyl (C=O) groups excluding carboxylic acids is 1. The van der Waals surface area contributed by atoms with Crippen molar-refractivity contribution in [3.8, 4) is 0 Å². The van der Waals surface area contributed by atoms with Gasteiger partial charge < -0.3 is 5.73 Å². The van der Waals surface area contributed by atoms with E-state index in [2.05, 4.69) is 15.4 Å². The second kappa shape index (κ2) is 4.42. The summed E-state index contributed by atoms with van der Waals surface area (Å²) in [6.07, 6.45) is 1.35. The molecule has 1 aromatic carbocycles. The second-order valence-electron chi connectivity index (χ2n) is 3.40. The first kappa shape index (κ1) is 11.4. The number of hydrogen-bond acceptors (Lipinski definition) is 4. The van der Waals surface area contributed by atoms with Crippen molar-refractivity contribution in [3.63, 3.8) is 0 Å². The van der Waals surface area contributed by atoms with Gasteiger partial charge in [0.05, 0.1) is 10.7 Å². The summed E-state index contributed by atoms with van der Waals surface area (Å²) in [7, 11) is 1.68. The van der Waals surface area contributed by atoms with E-state index in [1.165, 1.54) is 17.1 Å². The zero-order valence-corrected chi connectivity index (χ0v) is 9.77. The predicted molar refractivity (Wildman–Crippen MR) is 64.8 cm³/mol. The van der Waals surface area contributed by atoms with E-state index in [1.54, 1.807) is 19.2 Å². The summed E-state index contributed by atoms with van der Waals surface area (Å²) in [5.74, 6) is 0.0491. The average molecular weight is 252 g/mol. The fourth-order valence-electron chi connectivity index (χ4n) is 1.27. The number of amides is 1. The van der Waals surface area contributed by atoms with Gasteiger partial charge in [0.2, 0.25) is 5.95 Å². The lowest BCUT2D eigenvalue weighted by molar-refractivity contribution is 0.102. The highest BCUT2D eigenvalue weighted by molar-refractivity contribution is 6.33. The molecule has 0 fully saturated rings. The lowest BCUT2D eigenvalue weighted by Gasteiger charge is -2.05. The number of nitrogen functional groups attached to an aromatic ring is 1. The van der Waals surface area contributed by atoms with Gasteiger partial charge in [-0.3, -0.25) is 10.1 Å². The molecule has 0 aliphatic carbocycles. The quantitative estimate of drug-likeness (QED) is 0.788. The number of benzene rings is 1. The Balaban J connectivity index is 2.20. The average Bonchev–Trinajstić information content (AvgIpc) is 2.68. The first-order valence-electron chi connectivity index (χ1n) is 4.78. The molecule has 2 rings (SSSR count). The van der Waals surface area contributed by atoms with E-state index < -0.39 is 0 Å². The van der Waals surface area contributed by atoms with Crippen molar-refractivity contribution in [2.75, 3.05) is 11.1 Å². The molecule has 7 heteroatoms. The van der Waals surface area contributed by atoms with Crippen molar-refractivity contribution in [2.24, 2.45) is 7.05 Å². The van der Waals surface area contributed by atoms with Gasteiger partial charge in [0, 0.05) is 12.6 Å². The summed E-state index contributed by atoms with van der Waals surface area (Å²) < 4.78 is 1.46. The third-order valence-electron chi connectivity index (χ3n) is 2.19. The third-order valence-corrected chi connectivity index (χ3v) is 2.54. The number of nitrogens with one attached hydrogen (secondary N) is 1. The van der Waals surface area contributed by atoms with Crippen LogP contribution in [0.5, 0.6) is 0 Å². The van der Waals surface area contributed by atoms with Gasteiger partial charge in [0.25, 0.3) is 5.91 Å². The first-order valence-corrected chi connectivity index (χ1v) is 5.16. The number of nitrogens with zero attached hydrogens (tertiary/aromatic N) is 3. The fourth-order valence-corrected chi connectivity index (χ4v) is 1.39. The summed E-state index contributed by atoms with van der Waals surface area (Å²) >= 11 is 5.77. The highest BCUT2D eigenvalue weighted by Crippen LogP contribution is 2.19. The maximum Gasteiger partial charge on any atom is 0.258 e. The van der Waals surface area contributed by atoms with Crippen LogP contribution in [0.4, 0.5) is 11.6 Å². The van der Waals surface area contributed by atoms with Gasteiger partial charge in [-0.1, -0.05) is 11.6 Å². The molecule has 3 N–H and O–H groups in total. The van der Waals surface area contributed by atoms with Crippen molar-refractivity contribution in [2.45, 2.75) is 0 Å². The van der Waals surface area contributed by atoms with Crippen LogP contribution in [-0.4, -0.2) is 20.7 Å². The molecule has 88 valence electrons. The van der Waals surface area contributed by atoms with Crippen molar-refractivity contribution in [3.05, 3.63) is 35.1 Å². The predicted octanol–water partition coefficient (Wildman–Crippen LogP) is 1.30. The summed E-state index contributed by atoms with van der Waals surface area (Å²) in [5, 5.41) is 6.86. The van der Waals surface area contributed by atoms with Gasteiger partial charge in [-0.25, -0.2) is 4.68 Å². The highest BCUT2D eigenvalue weighted by Gasteiger charge is 2.10. The van der Waals surface area contributed by atoms with E-state index in [-0.39, 0.29) is 5.91 Å². The number of anilines is 2. The Morgan fingerprint density at radius 2 is 2.29 bits per heavy atom. The van der Waals surface area contributed by atoms with Gasteiger partial charge in [-0.2, -0.15) is 10.1 Å². The fraction of sp³-hybridized carbons (Fsp3) is 0.100. The van der Waals surface area contributed by atoms with E-state index in [4.69, 9.17) is 17.3 Å². The minimum absolute atomic E-state index is 0.315. The number of hydrogen-bond donors (Lipinski definition) is 2. The number of rotatable bonds is 2. The van der Waals surface area contributed by atoms with Gasteiger partial charge >= 0.3 is 0 Å². The molecule has 6 nitrogen and oxygen atoms in total. The molecule has 17 heavy (non-hydrogen) atoms. The van der Waals surface area contributed by atoms with Gasteiger partial charge in [-0.15, -0.1) is 0 Å². The molecule has 1 heterocycles. The van der Waals surface area contributed by atoms with Crippen LogP contribution in [0, 0.1) is 0 Å². The van der Waals surface area contributed by atoms with Gasteiger partial charge in [-0.05, 0) is 18.2 Å². The minimum atomic E-state index is -0.315. The summed E-state index contributed by atoms with van der Waals surface area (Å²) in [5.41, 5.74) is 6.39. The van der Waals surface area contributed by atoms with E-state index in [0.29, 0.717) is 22.2 Å². The number of nitrogens with two attached hydrogens (primary N) is 1. The smallest absolute Gasteiger partial charge is 0.258 e. The van der Waals surface area contributed by atoms with E-state index in [0.717, 1.165) is 0 Å². The maximum atomic E-state index is 11.8. The molecule has 0 saturated heterocycles. The van der Waals surface area contributed by atoms with E-state index in [9.17, 15) is 4.79 Å². The Labute approximate surface area is 102 Å². The molecule has 1 amide bonds. The van der Waals surface area contributed by atoms with Crippen LogP contribution >= 0.6 is 11.6 Å². The molecule has 0 bridgehead atoms. The van der Waals surface area contributed by atoms with Crippen LogP contribution in [0.2, 0.25) is 5.02 Å². The lowest BCUT2D eigenvalue weighted by atomic mass is 10.2. The van der Waals surface area contributed by atoms with Crippen LogP contribution in [-0.2, 0) is 7.05 Å². The Hall–Kier alpha value is -2.08. The zero-order valence-electron chi connectivity index (χ0n) is 9.01. The second-order valence-corrected chi connectivity index (χ2v) is 3.80. The SMILES string of the molecule is Cn1ncnc1NC(=O)c1ccc(Cl)c(N)c1. The molecular formula is C10H10ClN5O. The molecular weight excluding hydrogens is 242 g/mol. The number of aryl methyl sites for hydroxylation is 1. The molecule has 0 aliphatic rings. The van der Waals surface area contributed by atoms with Crippen molar-refractivity contribution >= 4 is 29.1 Å². The van der Waals surface area contributed by atoms with Crippen LogP contribution in [0.15, 0.2) is 24.5 Å². The molecule has 1 aromatic heterocycles. The Morgan fingerprint density at radius 3 is 2.88 bits per heavy atom. The normalized spacial score (nSPS) is 10.2. The third kappa shape index (κ3) is 2.36. The van der Waals surface area contributed by atoms with Crippen LogP contribution in [0.3, 0.4) is 0 Å². The van der Waals surface area contributed by atoms with E-state index in [1.807, 2.05) is 0 Å². The lowest BCUT2D eigenvalue weighted by Crippen LogP contribution is -2.15. The number of carbonyl (C=O) groups is 1. The maximum absolute atomic E-state index is 11.8. The highest BCUT2D eigenvalue weighted by atomic mass is 35.5. The molecule has 0 atom stereocenters. The molecule has 0 radical (unpaired) electrons. The topological polar surface area (TPSA) is 85.8 Å². The van der Waals surface area contributed by atoms with Crippen LogP contribution < -0.4 is 11.1 Å². The van der Waals surface area contributed by atoms with Crippen LogP contribution in [0.1, 0.15) is 10.4 Å². The number of aromatic nitrogens is 3. The summed E-state index contributed by atoms with van der Waals surface area (Å²) in [4.78, 5) is 15.7. The van der Waals surface area contributed by atoms with Crippen molar-refractivity contribution < 1.29 is 4.79 Å². The van der Waals surface area contributed by atoms with Crippen molar-refractivity contribution in [1.82, 2.24) is 14.8 Å². The Kier molecular flexibility index (Phi) is 2.97. The van der Waals surface area contributed by atoms with Gasteiger partial charge in [0.1, 0.15) is 6.33 Å².